The fourth-order valence-corrected chi connectivity index (χ4v) is 3.59. The molecule has 1 heterocycles. The summed E-state index contributed by atoms with van der Waals surface area (Å²) in [7, 11) is 3.71. The van der Waals surface area contributed by atoms with E-state index in [-0.39, 0.29) is 6.04 Å². The molecule has 0 fully saturated rings. The lowest BCUT2D eigenvalue weighted by Crippen LogP contribution is -2.18. The van der Waals surface area contributed by atoms with Crippen LogP contribution in [0, 0.1) is 0 Å². The van der Waals surface area contributed by atoms with Crippen molar-refractivity contribution in [2.75, 3.05) is 14.2 Å². The van der Waals surface area contributed by atoms with Gasteiger partial charge in [0.25, 0.3) is 0 Å². The average molecular weight is 283 g/mol. The van der Waals surface area contributed by atoms with Crippen molar-refractivity contribution in [1.29, 1.82) is 0 Å². The SMILES string of the molecule is CNC(c1ccccc1OC)c1csc2ccccc12. The van der Waals surface area contributed by atoms with Crippen LogP contribution in [0.4, 0.5) is 0 Å². The van der Waals surface area contributed by atoms with E-state index >= 15 is 0 Å². The Kier molecular flexibility index (Phi) is 3.72. The lowest BCUT2D eigenvalue weighted by molar-refractivity contribution is 0.405. The average Bonchev–Trinajstić information content (AvgIpc) is 2.93. The van der Waals surface area contributed by atoms with Crippen LogP contribution in [0.5, 0.6) is 5.75 Å². The first-order valence-corrected chi connectivity index (χ1v) is 7.49. The highest BCUT2D eigenvalue weighted by molar-refractivity contribution is 7.17. The number of ether oxygens (including phenoxy) is 1. The van der Waals surface area contributed by atoms with Crippen molar-refractivity contribution in [1.82, 2.24) is 5.32 Å². The Morgan fingerprint density at radius 1 is 1.00 bits per heavy atom. The minimum atomic E-state index is 0.141. The van der Waals surface area contributed by atoms with Crippen LogP contribution in [-0.4, -0.2) is 14.2 Å². The molecule has 0 radical (unpaired) electrons. The van der Waals surface area contributed by atoms with Crippen LogP contribution in [0.25, 0.3) is 10.1 Å². The van der Waals surface area contributed by atoms with Gasteiger partial charge in [-0.1, -0.05) is 36.4 Å². The van der Waals surface area contributed by atoms with Crippen molar-refractivity contribution >= 4 is 21.4 Å². The van der Waals surface area contributed by atoms with Crippen molar-refractivity contribution in [3.63, 3.8) is 0 Å². The number of rotatable bonds is 4. The maximum absolute atomic E-state index is 5.50. The van der Waals surface area contributed by atoms with E-state index in [1.54, 1.807) is 18.4 Å². The Labute approximate surface area is 123 Å². The molecule has 0 spiro atoms. The zero-order valence-corrected chi connectivity index (χ0v) is 12.4. The van der Waals surface area contributed by atoms with E-state index in [4.69, 9.17) is 4.74 Å². The minimum Gasteiger partial charge on any atom is -0.496 e. The topological polar surface area (TPSA) is 21.3 Å². The van der Waals surface area contributed by atoms with Crippen molar-refractivity contribution in [3.05, 3.63) is 65.0 Å². The molecule has 0 bridgehead atoms. The molecule has 2 nitrogen and oxygen atoms in total. The van der Waals surface area contributed by atoms with Gasteiger partial charge in [0.05, 0.1) is 13.2 Å². The Balaban J connectivity index is 2.14. The van der Waals surface area contributed by atoms with Crippen molar-refractivity contribution in [3.8, 4) is 5.75 Å². The lowest BCUT2D eigenvalue weighted by Gasteiger charge is -2.19. The van der Waals surface area contributed by atoms with E-state index in [0.717, 1.165) is 5.75 Å². The molecule has 0 aliphatic heterocycles. The molecule has 3 heteroatoms. The van der Waals surface area contributed by atoms with Crippen molar-refractivity contribution in [2.24, 2.45) is 0 Å². The molecule has 102 valence electrons. The highest BCUT2D eigenvalue weighted by Crippen LogP contribution is 2.36. The van der Waals surface area contributed by atoms with Gasteiger partial charge in [0.2, 0.25) is 0 Å². The van der Waals surface area contributed by atoms with Crippen LogP contribution >= 0.6 is 11.3 Å². The minimum absolute atomic E-state index is 0.141. The molecule has 1 N–H and O–H groups in total. The second-order valence-corrected chi connectivity index (χ2v) is 5.56. The highest BCUT2D eigenvalue weighted by Gasteiger charge is 2.19. The Hall–Kier alpha value is -1.84. The maximum atomic E-state index is 5.50. The molecule has 0 aliphatic carbocycles. The van der Waals surface area contributed by atoms with E-state index in [1.165, 1.54) is 21.2 Å². The summed E-state index contributed by atoms with van der Waals surface area (Å²) in [6.45, 7) is 0. The maximum Gasteiger partial charge on any atom is 0.123 e. The lowest BCUT2D eigenvalue weighted by atomic mass is 9.97. The van der Waals surface area contributed by atoms with Crippen LogP contribution < -0.4 is 10.1 Å². The molecular weight excluding hydrogens is 266 g/mol. The van der Waals surface area contributed by atoms with Crippen molar-refractivity contribution in [2.45, 2.75) is 6.04 Å². The predicted molar refractivity (Wildman–Crippen MR) is 85.7 cm³/mol. The summed E-state index contributed by atoms with van der Waals surface area (Å²) in [6.07, 6.45) is 0. The molecule has 0 saturated heterocycles. The van der Waals surface area contributed by atoms with E-state index in [1.807, 2.05) is 19.2 Å². The molecule has 1 unspecified atom stereocenters. The summed E-state index contributed by atoms with van der Waals surface area (Å²) < 4.78 is 6.82. The largest absolute Gasteiger partial charge is 0.496 e. The summed E-state index contributed by atoms with van der Waals surface area (Å²) in [6, 6.07) is 16.8. The monoisotopic (exact) mass is 283 g/mol. The summed E-state index contributed by atoms with van der Waals surface area (Å²) in [5.74, 6) is 0.919. The molecule has 0 amide bonds. The third kappa shape index (κ3) is 2.19. The van der Waals surface area contributed by atoms with Crippen LogP contribution in [0.3, 0.4) is 0 Å². The molecule has 1 aromatic heterocycles. The number of methoxy groups -OCH3 is 1. The van der Waals surface area contributed by atoms with Gasteiger partial charge in [-0.15, -0.1) is 11.3 Å². The number of nitrogens with one attached hydrogen (secondary N) is 1. The van der Waals surface area contributed by atoms with Gasteiger partial charge in [0.1, 0.15) is 5.75 Å². The van der Waals surface area contributed by atoms with Gasteiger partial charge >= 0.3 is 0 Å². The van der Waals surface area contributed by atoms with Gasteiger partial charge in [-0.2, -0.15) is 0 Å². The summed E-state index contributed by atoms with van der Waals surface area (Å²) >= 11 is 1.78. The standard InChI is InChI=1S/C17H17NOS/c1-18-17(13-8-3-5-9-15(13)19-2)14-11-20-16-10-6-4-7-12(14)16/h3-11,17-18H,1-2H3. The number of hydrogen-bond donors (Lipinski definition) is 1. The second kappa shape index (κ2) is 5.65. The molecule has 1 atom stereocenters. The first-order valence-electron chi connectivity index (χ1n) is 6.61. The van der Waals surface area contributed by atoms with Gasteiger partial charge in [0.15, 0.2) is 0 Å². The van der Waals surface area contributed by atoms with Crippen LogP contribution in [0.2, 0.25) is 0 Å². The van der Waals surface area contributed by atoms with Gasteiger partial charge in [-0.25, -0.2) is 0 Å². The second-order valence-electron chi connectivity index (χ2n) is 4.65. The van der Waals surface area contributed by atoms with Crippen LogP contribution in [0.1, 0.15) is 17.2 Å². The molecule has 0 saturated carbocycles. The summed E-state index contributed by atoms with van der Waals surface area (Å²) in [5, 5.41) is 6.96. The Morgan fingerprint density at radius 2 is 1.75 bits per heavy atom. The third-order valence-corrected chi connectivity index (χ3v) is 4.54. The van der Waals surface area contributed by atoms with Crippen LogP contribution in [-0.2, 0) is 0 Å². The van der Waals surface area contributed by atoms with E-state index in [9.17, 15) is 0 Å². The molecule has 2 aromatic carbocycles. The normalized spacial score (nSPS) is 12.5. The smallest absolute Gasteiger partial charge is 0.123 e. The number of benzene rings is 2. The third-order valence-electron chi connectivity index (χ3n) is 3.56. The van der Waals surface area contributed by atoms with Gasteiger partial charge in [0, 0.05) is 10.3 Å². The number of hydrogen-bond acceptors (Lipinski definition) is 3. The Bertz CT molecular complexity index is 720. The first-order chi connectivity index (χ1) is 9.85. The van der Waals surface area contributed by atoms with Gasteiger partial charge in [-0.05, 0) is 35.5 Å². The van der Waals surface area contributed by atoms with Gasteiger partial charge < -0.3 is 10.1 Å². The molecule has 20 heavy (non-hydrogen) atoms. The molecule has 0 aliphatic rings. The zero-order valence-electron chi connectivity index (χ0n) is 11.6. The molecule has 3 aromatic rings. The van der Waals surface area contributed by atoms with E-state index in [2.05, 4.69) is 47.1 Å². The highest BCUT2D eigenvalue weighted by atomic mass is 32.1. The summed E-state index contributed by atoms with van der Waals surface area (Å²) in [5.41, 5.74) is 2.47. The quantitative estimate of drug-likeness (QED) is 0.774. The zero-order chi connectivity index (χ0) is 13.9. The Morgan fingerprint density at radius 3 is 2.55 bits per heavy atom. The van der Waals surface area contributed by atoms with Crippen LogP contribution in [0.15, 0.2) is 53.9 Å². The number of thiophene rings is 1. The van der Waals surface area contributed by atoms with E-state index < -0.39 is 0 Å². The van der Waals surface area contributed by atoms with Crippen molar-refractivity contribution < 1.29 is 4.74 Å². The first kappa shape index (κ1) is 13.2. The number of fused-ring (bicyclic) bond motifs is 1. The molecular formula is C17H17NOS. The predicted octanol–water partition coefficient (Wildman–Crippen LogP) is 4.22. The fraction of sp³-hybridized carbons (Fsp3) is 0.176. The summed E-state index contributed by atoms with van der Waals surface area (Å²) in [4.78, 5) is 0. The van der Waals surface area contributed by atoms with Gasteiger partial charge in [-0.3, -0.25) is 0 Å². The fourth-order valence-electron chi connectivity index (χ4n) is 2.61. The van der Waals surface area contributed by atoms with E-state index in [0.29, 0.717) is 0 Å². The number of para-hydroxylation sites is 1. The molecule has 3 rings (SSSR count).